The first kappa shape index (κ1) is 15.4. The first-order valence-electron chi connectivity index (χ1n) is 7.21. The Morgan fingerprint density at radius 2 is 2.05 bits per heavy atom. The van der Waals surface area contributed by atoms with Crippen LogP contribution in [-0.2, 0) is 16.1 Å². The van der Waals surface area contributed by atoms with Crippen molar-refractivity contribution in [3.63, 3.8) is 0 Å². The molecule has 2 N–H and O–H groups in total. The third-order valence-corrected chi connectivity index (χ3v) is 3.79. The summed E-state index contributed by atoms with van der Waals surface area (Å²) in [5, 5.41) is 0. The van der Waals surface area contributed by atoms with Crippen molar-refractivity contribution >= 4 is 0 Å². The standard InChI is InChI=1S/C16H26N2O2/c1-16(2)12-18(8-9-20-16)15(10-17)14-6-4-13(5-7-14)11-19-3/h4-7,15H,8-12,17H2,1-3H3. The quantitative estimate of drug-likeness (QED) is 0.894. The predicted octanol–water partition coefficient (Wildman–Crippen LogP) is 1.94. The third-order valence-electron chi connectivity index (χ3n) is 3.79. The van der Waals surface area contributed by atoms with Crippen molar-refractivity contribution in [1.29, 1.82) is 0 Å². The molecule has 1 atom stereocenters. The highest BCUT2D eigenvalue weighted by atomic mass is 16.5. The Kier molecular flexibility index (Phi) is 5.16. The second-order valence-corrected chi connectivity index (χ2v) is 6.00. The summed E-state index contributed by atoms with van der Waals surface area (Å²) in [6, 6.07) is 8.82. The van der Waals surface area contributed by atoms with Crippen LogP contribution >= 0.6 is 0 Å². The summed E-state index contributed by atoms with van der Waals surface area (Å²) in [4.78, 5) is 2.43. The van der Waals surface area contributed by atoms with E-state index in [1.54, 1.807) is 7.11 Å². The second kappa shape index (κ2) is 6.68. The van der Waals surface area contributed by atoms with Crippen molar-refractivity contribution < 1.29 is 9.47 Å². The van der Waals surface area contributed by atoms with Crippen LogP contribution in [0, 0.1) is 0 Å². The number of morpholine rings is 1. The molecule has 0 radical (unpaired) electrons. The Morgan fingerprint density at radius 3 is 2.60 bits per heavy atom. The van der Waals surface area contributed by atoms with Gasteiger partial charge in [-0.3, -0.25) is 4.90 Å². The summed E-state index contributed by atoms with van der Waals surface area (Å²) in [5.41, 5.74) is 8.38. The lowest BCUT2D eigenvalue weighted by molar-refractivity contribution is -0.0967. The molecule has 0 aliphatic carbocycles. The Labute approximate surface area is 121 Å². The second-order valence-electron chi connectivity index (χ2n) is 6.00. The summed E-state index contributed by atoms with van der Waals surface area (Å²) in [7, 11) is 1.71. The van der Waals surface area contributed by atoms with E-state index in [2.05, 4.69) is 43.0 Å². The Hall–Kier alpha value is -0.940. The average Bonchev–Trinajstić information content (AvgIpc) is 2.41. The van der Waals surface area contributed by atoms with Gasteiger partial charge in [0.05, 0.1) is 18.8 Å². The van der Waals surface area contributed by atoms with Gasteiger partial charge in [-0.25, -0.2) is 0 Å². The van der Waals surface area contributed by atoms with Gasteiger partial charge < -0.3 is 15.2 Å². The molecule has 4 nitrogen and oxygen atoms in total. The molecule has 4 heteroatoms. The molecule has 0 saturated carbocycles. The van der Waals surface area contributed by atoms with Crippen molar-refractivity contribution in [2.24, 2.45) is 5.73 Å². The Morgan fingerprint density at radius 1 is 1.35 bits per heavy atom. The molecule has 1 aliphatic heterocycles. The van der Waals surface area contributed by atoms with Gasteiger partial charge in [0.1, 0.15) is 0 Å². The number of methoxy groups -OCH3 is 1. The zero-order valence-corrected chi connectivity index (χ0v) is 12.8. The van der Waals surface area contributed by atoms with E-state index in [-0.39, 0.29) is 11.6 Å². The molecule has 1 unspecified atom stereocenters. The summed E-state index contributed by atoms with van der Waals surface area (Å²) < 4.78 is 10.9. The summed E-state index contributed by atoms with van der Waals surface area (Å²) in [5.74, 6) is 0. The molecule has 1 aliphatic rings. The van der Waals surface area contributed by atoms with E-state index < -0.39 is 0 Å². The number of nitrogens with zero attached hydrogens (tertiary/aromatic N) is 1. The molecule has 0 spiro atoms. The van der Waals surface area contributed by atoms with Gasteiger partial charge in [0, 0.05) is 32.8 Å². The summed E-state index contributed by atoms with van der Waals surface area (Å²) >= 11 is 0. The largest absolute Gasteiger partial charge is 0.380 e. The molecule has 1 heterocycles. The van der Waals surface area contributed by atoms with Crippen LogP contribution in [0.4, 0.5) is 0 Å². The lowest BCUT2D eigenvalue weighted by Gasteiger charge is -2.42. The number of benzene rings is 1. The van der Waals surface area contributed by atoms with Crippen LogP contribution in [0.2, 0.25) is 0 Å². The molecular weight excluding hydrogens is 252 g/mol. The molecular formula is C16H26N2O2. The molecule has 2 rings (SSSR count). The average molecular weight is 278 g/mol. The fourth-order valence-electron chi connectivity index (χ4n) is 2.82. The normalized spacial score (nSPS) is 20.8. The topological polar surface area (TPSA) is 47.7 Å². The van der Waals surface area contributed by atoms with Crippen molar-refractivity contribution in [2.75, 3.05) is 33.4 Å². The zero-order valence-electron chi connectivity index (χ0n) is 12.8. The van der Waals surface area contributed by atoms with E-state index in [0.717, 1.165) is 19.7 Å². The van der Waals surface area contributed by atoms with Gasteiger partial charge in [0.2, 0.25) is 0 Å². The molecule has 1 fully saturated rings. The third kappa shape index (κ3) is 3.79. The van der Waals surface area contributed by atoms with E-state index in [4.69, 9.17) is 15.2 Å². The van der Waals surface area contributed by atoms with Gasteiger partial charge in [-0.1, -0.05) is 24.3 Å². The van der Waals surface area contributed by atoms with E-state index in [1.165, 1.54) is 11.1 Å². The lowest BCUT2D eigenvalue weighted by atomic mass is 10.00. The van der Waals surface area contributed by atoms with Crippen molar-refractivity contribution in [3.05, 3.63) is 35.4 Å². The first-order valence-corrected chi connectivity index (χ1v) is 7.21. The highest BCUT2D eigenvalue weighted by molar-refractivity contribution is 5.25. The number of rotatable bonds is 5. The summed E-state index contributed by atoms with van der Waals surface area (Å²) in [6.07, 6.45) is 0. The first-order chi connectivity index (χ1) is 9.55. The minimum atomic E-state index is -0.0956. The van der Waals surface area contributed by atoms with E-state index >= 15 is 0 Å². The number of ether oxygens (including phenoxy) is 2. The molecule has 1 aromatic carbocycles. The molecule has 0 aromatic heterocycles. The maximum Gasteiger partial charge on any atom is 0.0753 e. The van der Waals surface area contributed by atoms with Gasteiger partial charge in [-0.15, -0.1) is 0 Å². The highest BCUT2D eigenvalue weighted by Crippen LogP contribution is 2.26. The molecule has 0 amide bonds. The lowest BCUT2D eigenvalue weighted by Crippen LogP contribution is -2.50. The van der Waals surface area contributed by atoms with Crippen LogP contribution in [0.1, 0.15) is 31.0 Å². The fraction of sp³-hybridized carbons (Fsp3) is 0.625. The zero-order chi connectivity index (χ0) is 14.6. The molecule has 1 saturated heterocycles. The minimum absolute atomic E-state index is 0.0956. The van der Waals surface area contributed by atoms with Gasteiger partial charge >= 0.3 is 0 Å². The molecule has 112 valence electrons. The van der Waals surface area contributed by atoms with Gasteiger partial charge in [-0.2, -0.15) is 0 Å². The number of nitrogens with two attached hydrogens (primary N) is 1. The predicted molar refractivity (Wildman–Crippen MR) is 80.6 cm³/mol. The maximum atomic E-state index is 6.01. The van der Waals surface area contributed by atoms with E-state index in [9.17, 15) is 0 Å². The number of hydrogen-bond acceptors (Lipinski definition) is 4. The van der Waals surface area contributed by atoms with Crippen LogP contribution < -0.4 is 5.73 Å². The minimum Gasteiger partial charge on any atom is -0.380 e. The van der Waals surface area contributed by atoms with Crippen LogP contribution in [0.5, 0.6) is 0 Å². The van der Waals surface area contributed by atoms with E-state index in [0.29, 0.717) is 13.2 Å². The Balaban J connectivity index is 2.11. The SMILES string of the molecule is COCc1ccc(C(CN)N2CCOC(C)(C)C2)cc1. The van der Waals surface area contributed by atoms with Gasteiger partial charge in [0.25, 0.3) is 0 Å². The van der Waals surface area contributed by atoms with Gasteiger partial charge in [0.15, 0.2) is 0 Å². The van der Waals surface area contributed by atoms with Crippen LogP contribution in [0.25, 0.3) is 0 Å². The fourth-order valence-corrected chi connectivity index (χ4v) is 2.82. The smallest absolute Gasteiger partial charge is 0.0753 e. The van der Waals surface area contributed by atoms with Crippen LogP contribution in [0.3, 0.4) is 0 Å². The highest BCUT2D eigenvalue weighted by Gasteiger charge is 2.31. The molecule has 20 heavy (non-hydrogen) atoms. The van der Waals surface area contributed by atoms with Crippen molar-refractivity contribution in [1.82, 2.24) is 4.90 Å². The van der Waals surface area contributed by atoms with Crippen molar-refractivity contribution in [3.8, 4) is 0 Å². The molecule has 0 bridgehead atoms. The van der Waals surface area contributed by atoms with E-state index in [1.807, 2.05) is 0 Å². The molecule has 1 aromatic rings. The van der Waals surface area contributed by atoms with Crippen LogP contribution in [0.15, 0.2) is 24.3 Å². The maximum absolute atomic E-state index is 6.01. The monoisotopic (exact) mass is 278 g/mol. The van der Waals surface area contributed by atoms with Gasteiger partial charge in [-0.05, 0) is 25.0 Å². The Bertz CT molecular complexity index is 417. The number of hydrogen-bond donors (Lipinski definition) is 1. The summed E-state index contributed by atoms with van der Waals surface area (Å²) in [6.45, 7) is 8.16. The van der Waals surface area contributed by atoms with Crippen molar-refractivity contribution in [2.45, 2.75) is 32.1 Å². The van der Waals surface area contributed by atoms with Crippen LogP contribution in [-0.4, -0.2) is 43.9 Å².